The summed E-state index contributed by atoms with van der Waals surface area (Å²) < 4.78 is 0. The first-order valence-corrected chi connectivity index (χ1v) is 10.8. The zero-order chi connectivity index (χ0) is 18.2. The highest BCUT2D eigenvalue weighted by Crippen LogP contribution is 2.39. The molecule has 1 aliphatic rings. The molecule has 1 aliphatic heterocycles. The van der Waals surface area contributed by atoms with Crippen LogP contribution in [0.2, 0.25) is 0 Å². The summed E-state index contributed by atoms with van der Waals surface area (Å²) in [6.45, 7) is 0. The zero-order valence-corrected chi connectivity index (χ0v) is 15.6. The monoisotopic (exact) mass is 385 g/mol. The topological polar surface area (TPSA) is 110 Å². The largest absolute Gasteiger partial charge is 0.504 e. The average molecular weight is 385 g/mol. The van der Waals surface area contributed by atoms with Gasteiger partial charge in [-0.15, -0.1) is 0 Å². The van der Waals surface area contributed by atoms with Crippen LogP contribution in [0.3, 0.4) is 0 Å². The molecule has 0 aliphatic carbocycles. The van der Waals surface area contributed by atoms with Crippen LogP contribution in [0.5, 0.6) is 11.5 Å². The van der Waals surface area contributed by atoms with Crippen LogP contribution in [0, 0.1) is 0 Å². The minimum Gasteiger partial charge on any atom is -0.504 e. The van der Waals surface area contributed by atoms with Crippen molar-refractivity contribution in [2.45, 2.75) is 49.7 Å². The molecule has 9 heteroatoms. The third kappa shape index (κ3) is 7.01. The first-order valence-electron chi connectivity index (χ1n) is 8.40. The summed E-state index contributed by atoms with van der Waals surface area (Å²) in [5.41, 5.74) is 0.587. The van der Waals surface area contributed by atoms with Crippen LogP contribution in [0.25, 0.3) is 0 Å². The molecule has 0 spiro atoms. The summed E-state index contributed by atoms with van der Waals surface area (Å²) in [7, 11) is 2.14. The summed E-state index contributed by atoms with van der Waals surface area (Å²) in [5.74, 6) is -0.392. The highest BCUT2D eigenvalue weighted by atomic mass is 33.1. The minimum absolute atomic E-state index is 0.146. The summed E-state index contributed by atoms with van der Waals surface area (Å²) in [4.78, 5) is 12.0. The lowest BCUT2D eigenvalue weighted by Crippen LogP contribution is -2.47. The molecule has 6 nitrogen and oxygen atoms in total. The molecule has 0 bridgehead atoms. The second-order valence-corrected chi connectivity index (χ2v) is 8.98. The molecule has 0 aromatic heterocycles. The summed E-state index contributed by atoms with van der Waals surface area (Å²) in [6.07, 6.45) is 4.62. The van der Waals surface area contributed by atoms with Crippen LogP contribution in [0.4, 0.5) is 0 Å². The van der Waals surface area contributed by atoms with E-state index in [4.69, 9.17) is 0 Å². The molecule has 1 aromatic rings. The van der Waals surface area contributed by atoms with Crippen LogP contribution in [0.15, 0.2) is 18.2 Å². The van der Waals surface area contributed by atoms with E-state index in [0.29, 0.717) is 17.2 Å². The fourth-order valence-corrected chi connectivity index (χ4v) is 5.71. The van der Waals surface area contributed by atoms with Gasteiger partial charge in [-0.25, -0.2) is 0 Å². The lowest BCUT2D eigenvalue weighted by atomic mass is 9.76. The highest BCUT2D eigenvalue weighted by molar-refractivity contribution is 8.77. The first kappa shape index (κ1) is 20.3. The van der Waals surface area contributed by atoms with Crippen LogP contribution in [0.1, 0.15) is 37.7 Å². The molecule has 1 unspecified atom stereocenters. The van der Waals surface area contributed by atoms with Gasteiger partial charge in [-0.3, -0.25) is 4.79 Å². The van der Waals surface area contributed by atoms with Gasteiger partial charge in [-0.2, -0.15) is 0 Å². The Morgan fingerprint density at radius 1 is 1.28 bits per heavy atom. The normalized spacial score (nSPS) is 18.1. The third-order valence-electron chi connectivity index (χ3n) is 4.11. The van der Waals surface area contributed by atoms with E-state index < -0.39 is 13.1 Å². The molecule has 25 heavy (non-hydrogen) atoms. The van der Waals surface area contributed by atoms with E-state index in [1.807, 2.05) is 21.6 Å². The number of carbonyl (C=O) groups is 1. The quantitative estimate of drug-likeness (QED) is 0.191. The molecule has 5 N–H and O–H groups in total. The second-order valence-electron chi connectivity index (χ2n) is 6.19. The Morgan fingerprint density at radius 3 is 2.72 bits per heavy atom. The number of aromatic hydroxyl groups is 2. The van der Waals surface area contributed by atoms with E-state index in [1.54, 1.807) is 6.07 Å². The maximum Gasteiger partial charge on any atom is 0.475 e. The number of hydrogen-bond donors (Lipinski definition) is 5. The van der Waals surface area contributed by atoms with Crippen molar-refractivity contribution in [2.24, 2.45) is 0 Å². The molecule has 138 valence electrons. The fourth-order valence-electron chi connectivity index (χ4n) is 2.68. The Morgan fingerprint density at radius 2 is 2.08 bits per heavy atom. The van der Waals surface area contributed by atoms with Crippen molar-refractivity contribution in [3.05, 3.63) is 23.8 Å². The van der Waals surface area contributed by atoms with Crippen LogP contribution in [-0.2, 0) is 11.2 Å². The molecule has 1 amide bonds. The van der Waals surface area contributed by atoms with E-state index in [-0.39, 0.29) is 23.8 Å². The number of rotatable bonds is 9. The van der Waals surface area contributed by atoms with E-state index in [0.717, 1.165) is 19.3 Å². The van der Waals surface area contributed by atoms with Crippen molar-refractivity contribution in [3.63, 3.8) is 0 Å². The van der Waals surface area contributed by atoms with E-state index in [9.17, 15) is 25.1 Å². The number of benzene rings is 1. The van der Waals surface area contributed by atoms with Gasteiger partial charge in [0.15, 0.2) is 11.5 Å². The van der Waals surface area contributed by atoms with E-state index >= 15 is 0 Å². The lowest BCUT2D eigenvalue weighted by Gasteiger charge is -2.18. The standard InChI is InChI=1S/C16H24BNO5S2/c19-13-6-5-11(9-14(13)20)10-15(17(22)23)18-16(21)4-2-1-3-12-7-8-24-25-12/h5-6,9,12,15,19-20,22-23H,1-4,7-8,10H2,(H,18,21)/t12?,15-/m1/s1. The van der Waals surface area contributed by atoms with E-state index in [1.165, 1.54) is 24.3 Å². The van der Waals surface area contributed by atoms with Crippen molar-refractivity contribution in [2.75, 3.05) is 5.75 Å². The van der Waals surface area contributed by atoms with Crippen molar-refractivity contribution in [3.8, 4) is 11.5 Å². The number of phenols is 2. The third-order valence-corrected chi connectivity index (χ3v) is 7.12. The number of amides is 1. The molecule has 2 atom stereocenters. The van der Waals surface area contributed by atoms with Crippen molar-refractivity contribution >= 4 is 34.6 Å². The number of carbonyl (C=O) groups excluding carboxylic acids is 1. The van der Waals surface area contributed by atoms with Crippen molar-refractivity contribution in [1.82, 2.24) is 5.32 Å². The Balaban J connectivity index is 1.75. The Kier molecular flexibility index (Phi) is 8.28. The number of hydrogen-bond acceptors (Lipinski definition) is 7. The molecule has 0 saturated carbocycles. The fraction of sp³-hybridized carbons (Fsp3) is 0.562. The zero-order valence-electron chi connectivity index (χ0n) is 13.9. The summed E-state index contributed by atoms with van der Waals surface area (Å²) in [5, 5.41) is 41.1. The molecular weight excluding hydrogens is 361 g/mol. The van der Waals surface area contributed by atoms with Crippen molar-refractivity contribution in [1.29, 1.82) is 0 Å². The highest BCUT2D eigenvalue weighted by Gasteiger charge is 2.25. The van der Waals surface area contributed by atoms with Gasteiger partial charge in [0.1, 0.15) is 0 Å². The molecule has 1 aromatic carbocycles. The average Bonchev–Trinajstić information content (AvgIpc) is 3.07. The molecule has 1 saturated heterocycles. The summed E-state index contributed by atoms with van der Waals surface area (Å²) >= 11 is 0. The Hall–Kier alpha value is -1.03. The number of unbranched alkanes of at least 4 members (excludes halogenated alkanes) is 1. The molecule has 0 radical (unpaired) electrons. The van der Waals surface area contributed by atoms with Crippen molar-refractivity contribution < 1.29 is 25.1 Å². The predicted octanol–water partition coefficient (Wildman–Crippen LogP) is 1.85. The van der Waals surface area contributed by atoms with Gasteiger partial charge in [0, 0.05) is 17.4 Å². The molecule has 2 rings (SSSR count). The van der Waals surface area contributed by atoms with Gasteiger partial charge in [0.05, 0.1) is 5.94 Å². The maximum atomic E-state index is 12.0. The minimum atomic E-state index is -1.70. The van der Waals surface area contributed by atoms with Gasteiger partial charge in [-0.05, 0) is 43.4 Å². The smallest absolute Gasteiger partial charge is 0.475 e. The summed E-state index contributed by atoms with van der Waals surface area (Å²) in [6, 6.07) is 4.23. The second kappa shape index (κ2) is 10.2. The first-order chi connectivity index (χ1) is 12.0. The number of nitrogens with one attached hydrogen (secondary N) is 1. The lowest BCUT2D eigenvalue weighted by molar-refractivity contribution is -0.121. The Bertz CT molecular complexity index is 569. The maximum absolute atomic E-state index is 12.0. The van der Waals surface area contributed by atoms with Crippen LogP contribution >= 0.6 is 21.6 Å². The molecule has 1 fully saturated rings. The van der Waals surface area contributed by atoms with E-state index in [2.05, 4.69) is 5.32 Å². The van der Waals surface area contributed by atoms with Gasteiger partial charge >= 0.3 is 7.12 Å². The van der Waals surface area contributed by atoms with Crippen LogP contribution in [-0.4, -0.2) is 50.2 Å². The Labute approximate surface area is 156 Å². The van der Waals surface area contributed by atoms with Gasteiger partial charge in [-0.1, -0.05) is 34.1 Å². The van der Waals surface area contributed by atoms with Gasteiger partial charge in [0.25, 0.3) is 0 Å². The molecule has 1 heterocycles. The predicted molar refractivity (Wildman–Crippen MR) is 103 cm³/mol. The number of phenolic OH excluding ortho intramolecular Hbond substituents is 2. The van der Waals surface area contributed by atoms with Crippen LogP contribution < -0.4 is 5.32 Å². The molecular formula is C16H24BNO5S2. The van der Waals surface area contributed by atoms with Gasteiger partial charge in [0.2, 0.25) is 5.91 Å². The SMILES string of the molecule is O=C(CCCCC1CCSS1)N[C@H](Cc1ccc(O)c(O)c1)B(O)O. The van der Waals surface area contributed by atoms with Gasteiger partial charge < -0.3 is 25.6 Å².